The summed E-state index contributed by atoms with van der Waals surface area (Å²) < 4.78 is 6.75. The Morgan fingerprint density at radius 1 is 1.33 bits per heavy atom. The lowest BCUT2D eigenvalue weighted by Crippen LogP contribution is -2.05. The molecular weight excluding hydrogens is 292 g/mol. The van der Waals surface area contributed by atoms with Gasteiger partial charge in [0.05, 0.1) is 5.69 Å². The van der Waals surface area contributed by atoms with E-state index in [2.05, 4.69) is 20.9 Å². The molecule has 0 saturated heterocycles. The monoisotopic (exact) mass is 306 g/mol. The molecule has 0 saturated carbocycles. The minimum absolute atomic E-state index is 0.00597. The maximum absolute atomic E-state index is 5.86. The molecule has 0 aliphatic rings. The van der Waals surface area contributed by atoms with E-state index < -0.39 is 0 Å². The maximum Gasteiger partial charge on any atom is 0.148 e. The number of benzene rings is 1. The highest BCUT2D eigenvalue weighted by atomic mass is 79.9. The number of pyridine rings is 1. The van der Waals surface area contributed by atoms with Crippen molar-refractivity contribution < 1.29 is 4.74 Å². The van der Waals surface area contributed by atoms with Gasteiger partial charge >= 0.3 is 0 Å². The van der Waals surface area contributed by atoms with Gasteiger partial charge in [-0.3, -0.25) is 4.98 Å². The summed E-state index contributed by atoms with van der Waals surface area (Å²) in [5.41, 5.74) is 7.79. The number of hydrogen-bond donors (Lipinski definition) is 1. The van der Waals surface area contributed by atoms with E-state index in [1.54, 1.807) is 6.20 Å². The van der Waals surface area contributed by atoms with Gasteiger partial charge in [0.2, 0.25) is 0 Å². The number of nitrogens with zero attached hydrogens (tertiary/aromatic N) is 1. The molecule has 0 amide bonds. The number of rotatable bonds is 3. The van der Waals surface area contributed by atoms with Crippen molar-refractivity contribution in [2.75, 3.05) is 0 Å². The minimum Gasteiger partial charge on any atom is -0.455 e. The van der Waals surface area contributed by atoms with E-state index in [0.29, 0.717) is 0 Å². The third-order valence-corrected chi connectivity index (χ3v) is 3.34. The predicted molar refractivity (Wildman–Crippen MR) is 75.8 cm³/mol. The fourth-order valence-corrected chi connectivity index (χ4v) is 2.36. The SMILES string of the molecule is Cc1ncccc1Oc1ccc([C@H](C)N)c(Br)c1. The van der Waals surface area contributed by atoms with Crippen molar-refractivity contribution in [1.82, 2.24) is 4.98 Å². The molecular formula is C14H15BrN2O. The molecule has 2 rings (SSSR count). The van der Waals surface area contributed by atoms with Gasteiger partial charge in [-0.25, -0.2) is 0 Å². The summed E-state index contributed by atoms with van der Waals surface area (Å²) in [6, 6.07) is 9.55. The molecule has 0 radical (unpaired) electrons. The molecule has 2 aromatic rings. The Kier molecular flexibility index (Phi) is 3.99. The number of ether oxygens (including phenoxy) is 1. The molecule has 0 bridgehead atoms. The summed E-state index contributed by atoms with van der Waals surface area (Å²) >= 11 is 3.50. The molecule has 0 aliphatic heterocycles. The maximum atomic E-state index is 5.86. The summed E-state index contributed by atoms with van der Waals surface area (Å²) in [7, 11) is 0. The van der Waals surface area contributed by atoms with Crippen LogP contribution < -0.4 is 10.5 Å². The molecule has 0 fully saturated rings. The van der Waals surface area contributed by atoms with Gasteiger partial charge in [0.25, 0.3) is 0 Å². The third kappa shape index (κ3) is 2.89. The first-order valence-electron chi connectivity index (χ1n) is 5.72. The van der Waals surface area contributed by atoms with Gasteiger partial charge in [0.15, 0.2) is 0 Å². The van der Waals surface area contributed by atoms with Gasteiger partial charge in [0, 0.05) is 16.7 Å². The molecule has 1 heterocycles. The largest absolute Gasteiger partial charge is 0.455 e. The van der Waals surface area contributed by atoms with Crippen LogP contribution in [0.1, 0.15) is 24.2 Å². The molecule has 4 heteroatoms. The first-order chi connectivity index (χ1) is 8.58. The van der Waals surface area contributed by atoms with Crippen molar-refractivity contribution in [3.8, 4) is 11.5 Å². The van der Waals surface area contributed by atoms with E-state index in [4.69, 9.17) is 10.5 Å². The molecule has 0 aliphatic carbocycles. The van der Waals surface area contributed by atoms with E-state index >= 15 is 0 Å². The van der Waals surface area contributed by atoms with Gasteiger partial charge in [-0.2, -0.15) is 0 Å². The highest BCUT2D eigenvalue weighted by Crippen LogP contribution is 2.30. The standard InChI is InChI=1S/C14H15BrN2O/c1-9(16)12-6-5-11(8-13(12)15)18-14-4-3-7-17-10(14)2/h3-9H,16H2,1-2H3/t9-/m0/s1. The van der Waals surface area contributed by atoms with Gasteiger partial charge in [0.1, 0.15) is 11.5 Å². The van der Waals surface area contributed by atoms with Gasteiger partial charge < -0.3 is 10.5 Å². The van der Waals surface area contributed by atoms with Crippen molar-refractivity contribution in [2.45, 2.75) is 19.9 Å². The van der Waals surface area contributed by atoms with Gasteiger partial charge in [-0.05, 0) is 43.7 Å². The molecule has 0 unspecified atom stereocenters. The van der Waals surface area contributed by atoms with Crippen LogP contribution in [-0.2, 0) is 0 Å². The van der Waals surface area contributed by atoms with Crippen LogP contribution in [0.5, 0.6) is 11.5 Å². The highest BCUT2D eigenvalue weighted by Gasteiger charge is 2.07. The zero-order valence-corrected chi connectivity index (χ0v) is 11.9. The van der Waals surface area contributed by atoms with Crippen LogP contribution in [0, 0.1) is 6.92 Å². The lowest BCUT2D eigenvalue weighted by Gasteiger charge is -2.12. The topological polar surface area (TPSA) is 48.1 Å². The van der Waals surface area contributed by atoms with Crippen LogP contribution in [-0.4, -0.2) is 4.98 Å². The average Bonchev–Trinajstić information content (AvgIpc) is 2.32. The quantitative estimate of drug-likeness (QED) is 0.933. The minimum atomic E-state index is -0.00597. The average molecular weight is 307 g/mol. The smallest absolute Gasteiger partial charge is 0.148 e. The molecule has 94 valence electrons. The Labute approximate surface area is 115 Å². The first kappa shape index (κ1) is 13.1. The summed E-state index contributed by atoms with van der Waals surface area (Å²) in [5.74, 6) is 1.53. The third-order valence-electron chi connectivity index (χ3n) is 2.65. The molecule has 1 atom stereocenters. The lowest BCUT2D eigenvalue weighted by atomic mass is 10.1. The van der Waals surface area contributed by atoms with Crippen LogP contribution in [0.3, 0.4) is 0 Å². The second-order valence-electron chi connectivity index (χ2n) is 4.16. The Balaban J connectivity index is 2.26. The Morgan fingerprint density at radius 2 is 2.11 bits per heavy atom. The van der Waals surface area contributed by atoms with E-state index in [1.807, 2.05) is 44.2 Å². The molecule has 3 nitrogen and oxygen atoms in total. The van der Waals surface area contributed by atoms with E-state index in [0.717, 1.165) is 27.2 Å². The second-order valence-corrected chi connectivity index (χ2v) is 5.02. The molecule has 1 aromatic carbocycles. The normalized spacial score (nSPS) is 12.2. The summed E-state index contributed by atoms with van der Waals surface area (Å²) in [5, 5.41) is 0. The van der Waals surface area contributed by atoms with Crippen LogP contribution >= 0.6 is 15.9 Å². The summed E-state index contributed by atoms with van der Waals surface area (Å²) in [6.07, 6.45) is 1.75. The zero-order chi connectivity index (χ0) is 13.1. The number of aromatic nitrogens is 1. The fourth-order valence-electron chi connectivity index (χ4n) is 1.64. The van der Waals surface area contributed by atoms with Gasteiger partial charge in [-0.1, -0.05) is 22.0 Å². The van der Waals surface area contributed by atoms with Crippen LogP contribution in [0.4, 0.5) is 0 Å². The fraction of sp³-hybridized carbons (Fsp3) is 0.214. The van der Waals surface area contributed by atoms with E-state index in [1.165, 1.54) is 0 Å². The molecule has 1 aromatic heterocycles. The van der Waals surface area contributed by atoms with Crippen LogP contribution in [0.2, 0.25) is 0 Å². The van der Waals surface area contributed by atoms with Crippen molar-refractivity contribution in [2.24, 2.45) is 5.73 Å². The predicted octanol–water partition coefficient (Wildman–Crippen LogP) is 3.96. The van der Waals surface area contributed by atoms with Crippen molar-refractivity contribution in [3.05, 3.63) is 52.3 Å². The van der Waals surface area contributed by atoms with Crippen molar-refractivity contribution in [1.29, 1.82) is 0 Å². The second kappa shape index (κ2) is 5.50. The van der Waals surface area contributed by atoms with Crippen molar-refractivity contribution >= 4 is 15.9 Å². The first-order valence-corrected chi connectivity index (χ1v) is 6.51. The number of nitrogens with two attached hydrogens (primary N) is 1. The Bertz CT molecular complexity index is 555. The van der Waals surface area contributed by atoms with E-state index in [9.17, 15) is 0 Å². The number of halogens is 1. The van der Waals surface area contributed by atoms with Gasteiger partial charge in [-0.15, -0.1) is 0 Å². The molecule has 0 spiro atoms. The lowest BCUT2D eigenvalue weighted by molar-refractivity contribution is 0.475. The van der Waals surface area contributed by atoms with Crippen molar-refractivity contribution in [3.63, 3.8) is 0 Å². The van der Waals surface area contributed by atoms with E-state index in [-0.39, 0.29) is 6.04 Å². The number of hydrogen-bond acceptors (Lipinski definition) is 3. The van der Waals surface area contributed by atoms with Crippen LogP contribution in [0.15, 0.2) is 41.0 Å². The zero-order valence-electron chi connectivity index (χ0n) is 10.4. The number of aryl methyl sites for hydroxylation is 1. The summed E-state index contributed by atoms with van der Waals surface area (Å²) in [6.45, 7) is 3.87. The van der Waals surface area contributed by atoms with Crippen LogP contribution in [0.25, 0.3) is 0 Å². The summed E-state index contributed by atoms with van der Waals surface area (Å²) in [4.78, 5) is 4.19. The Hall–Kier alpha value is -1.39. The molecule has 18 heavy (non-hydrogen) atoms. The molecule has 2 N–H and O–H groups in total. The Morgan fingerprint density at radius 3 is 2.72 bits per heavy atom. The highest BCUT2D eigenvalue weighted by molar-refractivity contribution is 9.10.